The molecule has 0 N–H and O–H groups in total. The summed E-state index contributed by atoms with van der Waals surface area (Å²) in [5.74, 6) is -0.421. The zero-order valence-corrected chi connectivity index (χ0v) is 7.82. The van der Waals surface area contributed by atoms with E-state index in [-0.39, 0.29) is 6.10 Å². The third-order valence-corrected chi connectivity index (χ3v) is 2.11. The van der Waals surface area contributed by atoms with Gasteiger partial charge in [-0.25, -0.2) is 4.79 Å². The van der Waals surface area contributed by atoms with E-state index in [1.165, 1.54) is 0 Å². The van der Waals surface area contributed by atoms with Crippen molar-refractivity contribution in [2.75, 3.05) is 0 Å². The average Bonchev–Trinajstić information content (AvgIpc) is 2.78. The van der Waals surface area contributed by atoms with E-state index in [1.54, 1.807) is 6.92 Å². The number of carbonyl (C=O) groups excluding carboxylic acids is 1. The van der Waals surface area contributed by atoms with E-state index in [0.717, 1.165) is 22.8 Å². The van der Waals surface area contributed by atoms with Crippen LogP contribution in [0.25, 0.3) is 11.2 Å². The van der Waals surface area contributed by atoms with Crippen molar-refractivity contribution >= 4 is 17.1 Å². The van der Waals surface area contributed by atoms with E-state index < -0.39 is 5.97 Å². The summed E-state index contributed by atoms with van der Waals surface area (Å²) < 4.78 is 10.4. The fourth-order valence-electron chi connectivity index (χ4n) is 1.41. The van der Waals surface area contributed by atoms with Gasteiger partial charge in [0, 0.05) is 11.6 Å². The Labute approximate surface area is 81.3 Å². The van der Waals surface area contributed by atoms with Crippen molar-refractivity contribution in [1.29, 1.82) is 0 Å². The van der Waals surface area contributed by atoms with E-state index in [4.69, 9.17) is 9.15 Å². The summed E-state index contributed by atoms with van der Waals surface area (Å²) in [6, 6.07) is 5.61. The van der Waals surface area contributed by atoms with Crippen molar-refractivity contribution < 1.29 is 13.9 Å². The molecule has 3 nitrogen and oxygen atoms in total. The lowest BCUT2D eigenvalue weighted by Gasteiger charge is -2.09. The Balaban J connectivity index is 2.18. The lowest BCUT2D eigenvalue weighted by atomic mass is 10.1. The zero-order valence-electron chi connectivity index (χ0n) is 7.82. The number of ether oxygens (including phenoxy) is 1. The molecular formula is C11H10O3. The normalized spacial score (nSPS) is 12.9. The number of benzene rings is 1. The van der Waals surface area contributed by atoms with Crippen molar-refractivity contribution in [2.24, 2.45) is 0 Å². The van der Waals surface area contributed by atoms with Gasteiger partial charge in [-0.2, -0.15) is 0 Å². The third-order valence-electron chi connectivity index (χ3n) is 2.11. The summed E-state index contributed by atoms with van der Waals surface area (Å²) in [6.07, 6.45) is 0.858. The van der Waals surface area contributed by atoms with Crippen LogP contribution in [-0.2, 0) is 9.53 Å². The van der Waals surface area contributed by atoms with Gasteiger partial charge in [0.2, 0.25) is 0 Å². The first kappa shape index (κ1) is 8.81. The molecule has 0 aliphatic carbocycles. The van der Waals surface area contributed by atoms with Crippen LogP contribution < -0.4 is 0 Å². The Morgan fingerprint density at radius 3 is 2.93 bits per heavy atom. The number of esters is 1. The molecule has 3 heteroatoms. The van der Waals surface area contributed by atoms with Crippen LogP contribution in [0.5, 0.6) is 0 Å². The highest BCUT2D eigenvalue weighted by atomic mass is 16.5. The Morgan fingerprint density at radius 2 is 2.43 bits per heavy atom. The van der Waals surface area contributed by atoms with E-state index >= 15 is 0 Å². The zero-order chi connectivity index (χ0) is 10.1. The summed E-state index contributed by atoms with van der Waals surface area (Å²) >= 11 is 0. The van der Waals surface area contributed by atoms with Crippen LogP contribution in [0.3, 0.4) is 0 Å². The van der Waals surface area contributed by atoms with Gasteiger partial charge >= 0.3 is 5.97 Å². The van der Waals surface area contributed by atoms with E-state index in [0.29, 0.717) is 0 Å². The number of carbonyl (C=O) groups is 1. The lowest BCUT2D eigenvalue weighted by Crippen LogP contribution is -2.05. The van der Waals surface area contributed by atoms with Crippen molar-refractivity contribution in [2.45, 2.75) is 13.0 Å². The topological polar surface area (TPSA) is 39.4 Å². The molecule has 1 unspecified atom stereocenters. The van der Waals surface area contributed by atoms with Crippen LogP contribution in [0.2, 0.25) is 0 Å². The van der Waals surface area contributed by atoms with Gasteiger partial charge in [0.1, 0.15) is 17.3 Å². The maximum absolute atomic E-state index is 10.9. The molecule has 0 saturated heterocycles. The van der Waals surface area contributed by atoms with Gasteiger partial charge in [-0.3, -0.25) is 0 Å². The van der Waals surface area contributed by atoms with E-state index in [2.05, 4.69) is 6.58 Å². The number of furan rings is 2. The summed E-state index contributed by atoms with van der Waals surface area (Å²) in [5, 5.41) is 0. The highest BCUT2D eigenvalue weighted by molar-refractivity contribution is 5.81. The van der Waals surface area contributed by atoms with Gasteiger partial charge in [0.15, 0.2) is 0 Å². The second kappa shape index (κ2) is 3.18. The largest absolute Gasteiger partial charge is 0.457 e. The molecule has 2 aromatic heterocycles. The number of rotatable bonds is 3. The average molecular weight is 190 g/mol. The van der Waals surface area contributed by atoms with Gasteiger partial charge in [0.25, 0.3) is 0 Å². The third kappa shape index (κ3) is 1.37. The van der Waals surface area contributed by atoms with Crippen LogP contribution in [0.15, 0.2) is 35.3 Å². The molecule has 0 aromatic carbocycles. The molecule has 0 fully saturated rings. The minimum absolute atomic E-state index is 0.294. The molecule has 1 atom stereocenters. The van der Waals surface area contributed by atoms with Crippen LogP contribution in [0, 0.1) is 0 Å². The number of fused-ring (bicyclic) bond motifs is 2. The molecule has 0 aliphatic heterocycles. The van der Waals surface area contributed by atoms with Crippen molar-refractivity contribution in [3.8, 4) is 0 Å². The van der Waals surface area contributed by atoms with Crippen LogP contribution in [-0.4, -0.2) is 5.97 Å². The molecular weight excluding hydrogens is 180 g/mol. The highest BCUT2D eigenvalue weighted by Gasteiger charge is 2.16. The first-order chi connectivity index (χ1) is 6.70. The lowest BCUT2D eigenvalue weighted by molar-refractivity contribution is -0.142. The monoisotopic (exact) mass is 190 g/mol. The smallest absolute Gasteiger partial charge is 0.330 e. The molecule has 0 spiro atoms. The molecule has 72 valence electrons. The molecule has 2 heterocycles. The highest BCUT2D eigenvalue weighted by Crippen LogP contribution is 2.29. The number of hydrogen-bond donors (Lipinski definition) is 0. The van der Waals surface area contributed by atoms with Gasteiger partial charge in [-0.05, 0) is 25.1 Å². The Bertz CT molecular complexity index is 455. The second-order valence-electron chi connectivity index (χ2n) is 3.08. The number of hydrogen-bond acceptors (Lipinski definition) is 3. The molecule has 0 amide bonds. The Morgan fingerprint density at radius 1 is 1.64 bits per heavy atom. The molecule has 2 bridgehead atoms. The molecule has 14 heavy (non-hydrogen) atoms. The van der Waals surface area contributed by atoms with E-state index in [1.807, 2.05) is 18.2 Å². The van der Waals surface area contributed by atoms with E-state index in [9.17, 15) is 4.79 Å². The molecule has 0 saturated carbocycles. The first-order valence-corrected chi connectivity index (χ1v) is 4.35. The van der Waals surface area contributed by atoms with Crippen molar-refractivity contribution in [3.05, 3.63) is 36.4 Å². The fourth-order valence-corrected chi connectivity index (χ4v) is 1.41. The summed E-state index contributed by atoms with van der Waals surface area (Å²) in [7, 11) is 0. The quantitative estimate of drug-likeness (QED) is 0.551. The SMILES string of the molecule is C=CC(=O)OC(C)c1cc2ccc1o2. The summed E-state index contributed by atoms with van der Waals surface area (Å²) in [4.78, 5) is 10.9. The van der Waals surface area contributed by atoms with Crippen molar-refractivity contribution in [3.63, 3.8) is 0 Å². The van der Waals surface area contributed by atoms with Crippen molar-refractivity contribution in [1.82, 2.24) is 0 Å². The van der Waals surface area contributed by atoms with Gasteiger partial charge in [-0.15, -0.1) is 0 Å². The predicted molar refractivity (Wildman–Crippen MR) is 52.1 cm³/mol. The summed E-state index contributed by atoms with van der Waals surface area (Å²) in [6.45, 7) is 5.14. The minimum Gasteiger partial charge on any atom is -0.457 e. The van der Waals surface area contributed by atoms with Gasteiger partial charge in [0.05, 0.1) is 0 Å². The van der Waals surface area contributed by atoms with Crippen LogP contribution in [0.1, 0.15) is 18.6 Å². The predicted octanol–water partition coefficient (Wildman–Crippen LogP) is 2.66. The molecule has 0 aliphatic rings. The molecule has 2 aromatic rings. The van der Waals surface area contributed by atoms with Gasteiger partial charge in [-0.1, -0.05) is 6.58 Å². The minimum atomic E-state index is -0.421. The van der Waals surface area contributed by atoms with Crippen LogP contribution in [0.4, 0.5) is 0 Å². The molecule has 2 rings (SSSR count). The maximum Gasteiger partial charge on any atom is 0.330 e. The van der Waals surface area contributed by atoms with Crippen LogP contribution >= 0.6 is 0 Å². The standard InChI is InChI=1S/C11H10O3/c1-3-11(12)13-7(2)9-6-8-4-5-10(9)14-8/h3-7H,1H2,2H3. The second-order valence-corrected chi connectivity index (χ2v) is 3.08. The van der Waals surface area contributed by atoms with Gasteiger partial charge < -0.3 is 9.15 Å². The maximum atomic E-state index is 10.9. The Kier molecular flexibility index (Phi) is 2.00. The fraction of sp³-hybridized carbons (Fsp3) is 0.182. The first-order valence-electron chi connectivity index (χ1n) is 4.35. The Hall–Kier alpha value is -1.77. The summed E-state index contributed by atoms with van der Waals surface area (Å²) in [5.41, 5.74) is 2.47. The molecule has 0 radical (unpaired) electrons.